The Hall–Kier alpha value is -2.16. The Labute approximate surface area is 108 Å². The fourth-order valence-corrected chi connectivity index (χ4v) is 1.78. The first-order chi connectivity index (χ1) is 8.74. The van der Waals surface area contributed by atoms with Crippen LogP contribution in [-0.4, -0.2) is 14.5 Å². The number of pyridine rings is 1. The Morgan fingerprint density at radius 3 is 2.56 bits per heavy atom. The van der Waals surface area contributed by atoms with Crippen molar-refractivity contribution in [1.82, 2.24) is 14.5 Å². The molecule has 0 aromatic carbocycles. The zero-order valence-corrected chi connectivity index (χ0v) is 11.0. The van der Waals surface area contributed by atoms with Crippen LogP contribution >= 0.6 is 0 Å². The van der Waals surface area contributed by atoms with Crippen molar-refractivity contribution < 1.29 is 0 Å². The van der Waals surface area contributed by atoms with Gasteiger partial charge in [0.1, 0.15) is 5.82 Å². The van der Waals surface area contributed by atoms with Crippen LogP contribution in [0.1, 0.15) is 18.3 Å². The van der Waals surface area contributed by atoms with Crippen LogP contribution < -0.4 is 0 Å². The molecule has 2 aromatic rings. The summed E-state index contributed by atoms with van der Waals surface area (Å²) in [4.78, 5) is 8.70. The van der Waals surface area contributed by atoms with Gasteiger partial charge in [0, 0.05) is 30.7 Å². The van der Waals surface area contributed by atoms with E-state index >= 15 is 0 Å². The molecule has 0 amide bonds. The molecule has 0 unspecified atom stereocenters. The second kappa shape index (κ2) is 5.45. The van der Waals surface area contributed by atoms with Crippen LogP contribution in [0.25, 0.3) is 17.5 Å². The van der Waals surface area contributed by atoms with E-state index in [0.29, 0.717) is 0 Å². The molecule has 0 aliphatic carbocycles. The van der Waals surface area contributed by atoms with Crippen molar-refractivity contribution in [2.24, 2.45) is 7.05 Å². The van der Waals surface area contributed by atoms with Crippen LogP contribution in [0.2, 0.25) is 0 Å². The smallest absolute Gasteiger partial charge is 0.140 e. The highest BCUT2D eigenvalue weighted by Gasteiger charge is 2.10. The van der Waals surface area contributed by atoms with Gasteiger partial charge in [0.15, 0.2) is 0 Å². The second-order valence-corrected chi connectivity index (χ2v) is 4.09. The van der Waals surface area contributed by atoms with Crippen LogP contribution in [0.3, 0.4) is 0 Å². The molecule has 2 rings (SSSR count). The van der Waals surface area contributed by atoms with Crippen molar-refractivity contribution >= 4 is 6.08 Å². The van der Waals surface area contributed by atoms with Crippen molar-refractivity contribution in [1.29, 1.82) is 0 Å². The zero-order valence-electron chi connectivity index (χ0n) is 11.0. The van der Waals surface area contributed by atoms with Crippen molar-refractivity contribution in [2.75, 3.05) is 0 Å². The van der Waals surface area contributed by atoms with Gasteiger partial charge in [-0.15, -0.1) is 0 Å². The lowest BCUT2D eigenvalue weighted by atomic mass is 10.2. The lowest BCUT2D eigenvalue weighted by molar-refractivity contribution is 0.883. The Morgan fingerprint density at radius 2 is 1.89 bits per heavy atom. The largest absolute Gasteiger partial charge is 0.331 e. The van der Waals surface area contributed by atoms with Gasteiger partial charge in [0.25, 0.3) is 0 Å². The zero-order chi connectivity index (χ0) is 13.0. The molecule has 0 saturated heterocycles. The summed E-state index contributed by atoms with van der Waals surface area (Å²) < 4.78 is 2.10. The summed E-state index contributed by atoms with van der Waals surface area (Å²) in [6, 6.07) is 3.95. The third-order valence-corrected chi connectivity index (χ3v) is 2.91. The SMILES string of the molecule is C/C=C\C=C/c1nc(-c2ccncc2)n(C)c1C. The van der Waals surface area contributed by atoms with Gasteiger partial charge in [-0.25, -0.2) is 4.98 Å². The quantitative estimate of drug-likeness (QED) is 0.769. The maximum absolute atomic E-state index is 4.67. The molecule has 0 bridgehead atoms. The van der Waals surface area contributed by atoms with Gasteiger partial charge in [-0.2, -0.15) is 0 Å². The monoisotopic (exact) mass is 239 g/mol. The van der Waals surface area contributed by atoms with Gasteiger partial charge >= 0.3 is 0 Å². The molecule has 0 aliphatic heterocycles. The molecule has 3 heteroatoms. The van der Waals surface area contributed by atoms with Crippen LogP contribution in [0, 0.1) is 6.92 Å². The van der Waals surface area contributed by atoms with E-state index in [1.807, 2.05) is 50.4 Å². The summed E-state index contributed by atoms with van der Waals surface area (Å²) in [5.74, 6) is 0.968. The molecule has 2 heterocycles. The number of imidazole rings is 1. The van der Waals surface area contributed by atoms with E-state index in [1.54, 1.807) is 12.4 Å². The Kier molecular flexibility index (Phi) is 3.72. The van der Waals surface area contributed by atoms with E-state index < -0.39 is 0 Å². The molecule has 18 heavy (non-hydrogen) atoms. The van der Waals surface area contributed by atoms with E-state index in [1.165, 1.54) is 0 Å². The van der Waals surface area contributed by atoms with E-state index in [-0.39, 0.29) is 0 Å². The summed E-state index contributed by atoms with van der Waals surface area (Å²) in [6.07, 6.45) is 11.6. The van der Waals surface area contributed by atoms with Crippen LogP contribution in [0.4, 0.5) is 0 Å². The highest BCUT2D eigenvalue weighted by molar-refractivity contribution is 5.60. The summed E-state index contributed by atoms with van der Waals surface area (Å²) >= 11 is 0. The van der Waals surface area contributed by atoms with Gasteiger partial charge < -0.3 is 4.57 Å². The molecule has 0 atom stereocenters. The molecule has 3 nitrogen and oxygen atoms in total. The van der Waals surface area contributed by atoms with Crippen molar-refractivity contribution in [3.05, 3.63) is 54.1 Å². The topological polar surface area (TPSA) is 30.7 Å². The number of hydrogen-bond donors (Lipinski definition) is 0. The van der Waals surface area contributed by atoms with Crippen molar-refractivity contribution in [3.63, 3.8) is 0 Å². The Morgan fingerprint density at radius 1 is 1.17 bits per heavy atom. The van der Waals surface area contributed by atoms with Crippen LogP contribution in [0.15, 0.2) is 42.8 Å². The molecule has 92 valence electrons. The molecule has 0 radical (unpaired) electrons. The first kappa shape index (κ1) is 12.3. The van der Waals surface area contributed by atoms with Gasteiger partial charge in [0.2, 0.25) is 0 Å². The molecular weight excluding hydrogens is 222 g/mol. The number of allylic oxidation sites excluding steroid dienone is 3. The first-order valence-electron chi connectivity index (χ1n) is 5.97. The van der Waals surface area contributed by atoms with Crippen molar-refractivity contribution in [2.45, 2.75) is 13.8 Å². The molecule has 0 fully saturated rings. The van der Waals surface area contributed by atoms with Gasteiger partial charge in [0.05, 0.1) is 5.69 Å². The number of hydrogen-bond acceptors (Lipinski definition) is 2. The molecule has 0 aliphatic rings. The predicted octanol–water partition coefficient (Wildman–Crippen LogP) is 3.38. The number of rotatable bonds is 3. The van der Waals surface area contributed by atoms with E-state index in [0.717, 1.165) is 22.8 Å². The molecule has 0 saturated carbocycles. The van der Waals surface area contributed by atoms with E-state index in [9.17, 15) is 0 Å². The minimum atomic E-state index is 0.968. The highest BCUT2D eigenvalue weighted by Crippen LogP contribution is 2.21. The fourth-order valence-electron chi connectivity index (χ4n) is 1.78. The number of nitrogens with zero attached hydrogens (tertiary/aromatic N) is 3. The minimum absolute atomic E-state index is 0.968. The van der Waals surface area contributed by atoms with Gasteiger partial charge in [-0.1, -0.05) is 18.2 Å². The average molecular weight is 239 g/mol. The highest BCUT2D eigenvalue weighted by atomic mass is 15.1. The summed E-state index contributed by atoms with van der Waals surface area (Å²) in [6.45, 7) is 4.07. The van der Waals surface area contributed by atoms with Gasteiger partial charge in [-0.05, 0) is 32.1 Å². The predicted molar refractivity (Wildman–Crippen MR) is 75.0 cm³/mol. The van der Waals surface area contributed by atoms with E-state index in [4.69, 9.17) is 0 Å². The second-order valence-electron chi connectivity index (χ2n) is 4.09. The number of aromatic nitrogens is 3. The van der Waals surface area contributed by atoms with Crippen molar-refractivity contribution in [3.8, 4) is 11.4 Å². The lowest BCUT2D eigenvalue weighted by Gasteiger charge is -2.01. The normalized spacial score (nSPS) is 11.7. The third-order valence-electron chi connectivity index (χ3n) is 2.91. The first-order valence-corrected chi connectivity index (χ1v) is 5.97. The average Bonchev–Trinajstić information content (AvgIpc) is 2.68. The summed E-state index contributed by atoms with van der Waals surface area (Å²) in [7, 11) is 2.03. The summed E-state index contributed by atoms with van der Waals surface area (Å²) in [5, 5.41) is 0. The van der Waals surface area contributed by atoms with Crippen LogP contribution in [-0.2, 0) is 7.05 Å². The Balaban J connectivity index is 2.43. The summed E-state index contributed by atoms with van der Waals surface area (Å²) in [5.41, 5.74) is 3.24. The molecular formula is C15H17N3. The maximum Gasteiger partial charge on any atom is 0.140 e. The van der Waals surface area contributed by atoms with E-state index in [2.05, 4.69) is 21.5 Å². The fraction of sp³-hybridized carbons (Fsp3) is 0.200. The molecule has 0 N–H and O–H groups in total. The molecule has 0 spiro atoms. The minimum Gasteiger partial charge on any atom is -0.331 e. The maximum atomic E-state index is 4.67. The third kappa shape index (κ3) is 2.40. The Bertz CT molecular complexity index is 577. The molecule has 2 aromatic heterocycles. The van der Waals surface area contributed by atoms with Crippen LogP contribution in [0.5, 0.6) is 0 Å². The lowest BCUT2D eigenvalue weighted by Crippen LogP contribution is -1.94. The van der Waals surface area contributed by atoms with Gasteiger partial charge in [-0.3, -0.25) is 4.98 Å². The standard InChI is InChI=1S/C15H17N3/c1-4-5-6-7-14-12(2)18(3)15(17-14)13-8-10-16-11-9-13/h4-11H,1-3H3/b5-4-,7-6-.